The minimum atomic E-state index is 0.519. The molecule has 0 saturated carbocycles. The first-order chi connectivity index (χ1) is 16.3. The maximum absolute atomic E-state index is 6.35. The van der Waals surface area contributed by atoms with E-state index in [0.29, 0.717) is 18.2 Å². The maximum atomic E-state index is 6.35. The normalized spacial score (nSPS) is 11.4. The highest BCUT2D eigenvalue weighted by molar-refractivity contribution is 6.31. The van der Waals surface area contributed by atoms with Crippen LogP contribution >= 0.6 is 11.6 Å². The third-order valence-electron chi connectivity index (χ3n) is 5.85. The molecule has 0 bridgehead atoms. The number of ether oxygens (including phenoxy) is 1. The number of rotatable bonds is 5. The van der Waals surface area contributed by atoms with Crippen molar-refractivity contribution >= 4 is 44.7 Å². The summed E-state index contributed by atoms with van der Waals surface area (Å²) in [7, 11) is 0. The topological polar surface area (TPSA) is 39.9 Å². The number of benzene rings is 4. The number of fused-ring (bicyclic) bond motifs is 4. The van der Waals surface area contributed by atoms with Crippen LogP contribution in [0.2, 0.25) is 5.02 Å². The van der Waals surface area contributed by atoms with Crippen LogP contribution < -0.4 is 4.74 Å². The van der Waals surface area contributed by atoms with Crippen molar-refractivity contribution in [1.29, 1.82) is 0 Å². The fraction of sp³-hybridized carbons (Fsp3) is 0.0714. The maximum Gasteiger partial charge on any atom is 0.160 e. The first kappa shape index (κ1) is 19.8. The zero-order valence-corrected chi connectivity index (χ0v) is 18.5. The molecule has 0 aliphatic heterocycles. The van der Waals surface area contributed by atoms with Crippen molar-refractivity contribution in [2.24, 2.45) is 0 Å². The van der Waals surface area contributed by atoms with E-state index in [0.717, 1.165) is 50.0 Å². The van der Waals surface area contributed by atoms with E-state index in [1.54, 1.807) is 0 Å². The predicted molar refractivity (Wildman–Crippen MR) is 134 cm³/mol. The second-order valence-corrected chi connectivity index (χ2v) is 8.45. The molecular weight excluding hydrogens is 430 g/mol. The highest BCUT2D eigenvalue weighted by atomic mass is 35.5. The molecule has 0 amide bonds. The monoisotopic (exact) mass is 449 g/mol. The van der Waals surface area contributed by atoms with E-state index < -0.39 is 0 Å². The van der Waals surface area contributed by atoms with E-state index in [-0.39, 0.29) is 0 Å². The highest BCUT2D eigenvalue weighted by Gasteiger charge is 2.16. The van der Waals surface area contributed by atoms with Crippen molar-refractivity contribution in [3.05, 3.63) is 113 Å². The lowest BCUT2D eigenvalue weighted by Gasteiger charge is -2.13. The predicted octanol–water partition coefficient (Wildman–Crippen LogP) is 7.02. The Kier molecular flexibility index (Phi) is 4.93. The molecule has 0 atom stereocenters. The molecule has 0 spiro atoms. The van der Waals surface area contributed by atoms with Gasteiger partial charge in [-0.2, -0.15) is 0 Å². The molecular formula is C28H20ClN3O. The number of nitrogens with zero attached hydrogens (tertiary/aromatic N) is 3. The molecule has 2 heterocycles. The summed E-state index contributed by atoms with van der Waals surface area (Å²) in [5, 5.41) is 1.68. The van der Waals surface area contributed by atoms with E-state index >= 15 is 0 Å². The summed E-state index contributed by atoms with van der Waals surface area (Å²) in [6.07, 6.45) is 0. The number of aromatic nitrogens is 3. The van der Waals surface area contributed by atoms with Gasteiger partial charge < -0.3 is 9.30 Å². The van der Waals surface area contributed by atoms with Crippen LogP contribution in [-0.2, 0) is 13.2 Å². The van der Waals surface area contributed by atoms with E-state index in [2.05, 4.69) is 22.8 Å². The van der Waals surface area contributed by atoms with Gasteiger partial charge in [0.15, 0.2) is 5.65 Å². The molecule has 0 N–H and O–H groups in total. The smallest absolute Gasteiger partial charge is 0.160 e. The summed E-state index contributed by atoms with van der Waals surface area (Å²) >= 11 is 6.35. The quantitative estimate of drug-likeness (QED) is 0.284. The minimum Gasteiger partial charge on any atom is -0.489 e. The van der Waals surface area contributed by atoms with E-state index in [1.807, 2.05) is 78.9 Å². The summed E-state index contributed by atoms with van der Waals surface area (Å²) < 4.78 is 8.41. The first-order valence-electron chi connectivity index (χ1n) is 10.9. The second kappa shape index (κ2) is 8.23. The second-order valence-electron chi connectivity index (χ2n) is 8.01. The van der Waals surface area contributed by atoms with Crippen LogP contribution in [0.4, 0.5) is 0 Å². The van der Waals surface area contributed by atoms with Gasteiger partial charge in [0.2, 0.25) is 0 Å². The molecule has 6 rings (SSSR count). The van der Waals surface area contributed by atoms with Crippen molar-refractivity contribution < 1.29 is 4.74 Å². The molecule has 4 nitrogen and oxygen atoms in total. The summed E-state index contributed by atoms with van der Waals surface area (Å²) in [6, 6.07) is 32.2. The zero-order chi connectivity index (χ0) is 22.2. The summed E-state index contributed by atoms with van der Waals surface area (Å²) in [5.41, 5.74) is 6.69. The van der Waals surface area contributed by atoms with Crippen LogP contribution in [0.1, 0.15) is 11.1 Å². The molecule has 0 radical (unpaired) electrons. The molecule has 5 heteroatoms. The van der Waals surface area contributed by atoms with Gasteiger partial charge in [-0.05, 0) is 42.0 Å². The van der Waals surface area contributed by atoms with Gasteiger partial charge in [0.05, 0.1) is 23.1 Å². The lowest BCUT2D eigenvalue weighted by atomic mass is 10.2. The van der Waals surface area contributed by atoms with Gasteiger partial charge in [-0.1, -0.05) is 72.3 Å². The molecule has 0 aliphatic rings. The highest BCUT2D eigenvalue weighted by Crippen LogP contribution is 2.32. The fourth-order valence-electron chi connectivity index (χ4n) is 4.25. The average molecular weight is 450 g/mol. The Balaban J connectivity index is 1.47. The minimum absolute atomic E-state index is 0.519. The SMILES string of the molecule is Clc1ccc2c(c1)c1nc3ccccc3nc1n2Cc1ccccc1OCc1ccccc1. The van der Waals surface area contributed by atoms with Gasteiger partial charge in [0, 0.05) is 16.0 Å². The van der Waals surface area contributed by atoms with Gasteiger partial charge in [-0.25, -0.2) is 9.97 Å². The summed E-state index contributed by atoms with van der Waals surface area (Å²) in [5.74, 6) is 0.860. The Labute approximate surface area is 196 Å². The number of hydrogen-bond donors (Lipinski definition) is 0. The number of halogens is 1. The van der Waals surface area contributed by atoms with Crippen molar-refractivity contribution in [2.45, 2.75) is 13.2 Å². The summed E-state index contributed by atoms with van der Waals surface area (Å²) in [4.78, 5) is 9.91. The zero-order valence-electron chi connectivity index (χ0n) is 17.8. The Morgan fingerprint density at radius 3 is 2.33 bits per heavy atom. The molecule has 160 valence electrons. The van der Waals surface area contributed by atoms with E-state index in [9.17, 15) is 0 Å². The van der Waals surface area contributed by atoms with Crippen LogP contribution in [0, 0.1) is 0 Å². The Bertz CT molecular complexity index is 1610. The summed E-state index contributed by atoms with van der Waals surface area (Å²) in [6.45, 7) is 1.13. The molecule has 4 aromatic carbocycles. The molecule has 6 aromatic rings. The fourth-order valence-corrected chi connectivity index (χ4v) is 4.42. The Hall–Kier alpha value is -3.89. The molecule has 0 unspecified atom stereocenters. The van der Waals surface area contributed by atoms with Gasteiger partial charge in [-0.15, -0.1) is 0 Å². The van der Waals surface area contributed by atoms with Gasteiger partial charge in [0.25, 0.3) is 0 Å². The van der Waals surface area contributed by atoms with Crippen LogP contribution in [0.15, 0.2) is 97.1 Å². The Morgan fingerprint density at radius 2 is 1.48 bits per heavy atom. The largest absolute Gasteiger partial charge is 0.489 e. The van der Waals surface area contributed by atoms with Crippen molar-refractivity contribution in [1.82, 2.24) is 14.5 Å². The lowest BCUT2D eigenvalue weighted by molar-refractivity contribution is 0.302. The molecule has 33 heavy (non-hydrogen) atoms. The number of hydrogen-bond acceptors (Lipinski definition) is 3. The molecule has 0 fully saturated rings. The van der Waals surface area contributed by atoms with Gasteiger partial charge in [-0.3, -0.25) is 0 Å². The van der Waals surface area contributed by atoms with E-state index in [1.165, 1.54) is 0 Å². The third kappa shape index (κ3) is 3.69. The van der Waals surface area contributed by atoms with Gasteiger partial charge >= 0.3 is 0 Å². The lowest BCUT2D eigenvalue weighted by Crippen LogP contribution is -2.04. The van der Waals surface area contributed by atoms with E-state index in [4.69, 9.17) is 26.3 Å². The molecule has 2 aromatic heterocycles. The molecule has 0 saturated heterocycles. The van der Waals surface area contributed by atoms with Crippen LogP contribution in [-0.4, -0.2) is 14.5 Å². The molecule has 0 aliphatic carbocycles. The van der Waals surface area contributed by atoms with Crippen LogP contribution in [0.3, 0.4) is 0 Å². The first-order valence-corrected chi connectivity index (χ1v) is 11.2. The average Bonchev–Trinajstić information content (AvgIpc) is 3.14. The third-order valence-corrected chi connectivity index (χ3v) is 6.09. The van der Waals surface area contributed by atoms with Crippen molar-refractivity contribution in [3.63, 3.8) is 0 Å². The standard InChI is InChI=1S/C28H20ClN3O/c29-21-14-15-25-22(16-21)27-28(31-24-12-6-5-11-23(24)30-27)32(25)17-20-10-4-7-13-26(20)33-18-19-8-2-1-3-9-19/h1-16H,17-18H2. The van der Waals surface area contributed by atoms with Crippen LogP contribution in [0.5, 0.6) is 5.75 Å². The number of para-hydroxylation sites is 3. The van der Waals surface area contributed by atoms with Crippen LogP contribution in [0.25, 0.3) is 33.1 Å². The van der Waals surface area contributed by atoms with Crippen molar-refractivity contribution in [3.8, 4) is 5.75 Å². The van der Waals surface area contributed by atoms with Gasteiger partial charge in [0.1, 0.15) is 17.9 Å². The Morgan fingerprint density at radius 1 is 0.758 bits per heavy atom. The van der Waals surface area contributed by atoms with Crippen molar-refractivity contribution in [2.75, 3.05) is 0 Å².